The van der Waals surface area contributed by atoms with E-state index >= 15 is 0 Å². The van der Waals surface area contributed by atoms with E-state index in [9.17, 15) is 0 Å². The minimum absolute atomic E-state index is 1.17. The molecular weight excluding hydrogens is 283 g/mol. The molecule has 114 valence electrons. The zero-order chi connectivity index (χ0) is 15.8. The van der Waals surface area contributed by atoms with E-state index in [1.54, 1.807) is 0 Å². The molecule has 0 atom stereocenters. The van der Waals surface area contributed by atoms with Gasteiger partial charge in [-0.05, 0) is 49.3 Å². The molecule has 0 heterocycles. The summed E-state index contributed by atoms with van der Waals surface area (Å²) in [5.41, 5.74) is 0. The Morgan fingerprint density at radius 2 is 1.23 bits per heavy atom. The predicted molar refractivity (Wildman–Crippen MR) is 103 cm³/mol. The second kappa shape index (κ2) is 8.11. The summed E-state index contributed by atoms with van der Waals surface area (Å²) in [4.78, 5) is 0. The van der Waals surface area contributed by atoms with Crippen molar-refractivity contribution in [2.45, 2.75) is 26.7 Å². The van der Waals surface area contributed by atoms with Gasteiger partial charge in [-0.15, -0.1) is 0 Å². The van der Waals surface area contributed by atoms with Crippen molar-refractivity contribution in [1.29, 1.82) is 0 Å². The fraction of sp³-hybridized carbons (Fsp3) is 0.238. The Morgan fingerprint density at radius 1 is 0.727 bits per heavy atom. The van der Waals surface area contributed by atoms with E-state index in [-0.39, 0.29) is 0 Å². The number of rotatable bonds is 3. The van der Waals surface area contributed by atoms with E-state index < -0.39 is 7.26 Å². The Labute approximate surface area is 135 Å². The van der Waals surface area contributed by atoms with Gasteiger partial charge < -0.3 is 0 Å². The molecule has 0 N–H and O–H groups in total. The van der Waals surface area contributed by atoms with Gasteiger partial charge in [0.05, 0.1) is 12.0 Å². The molecule has 0 aliphatic heterocycles. The van der Waals surface area contributed by atoms with Crippen LogP contribution in [-0.2, 0) is 0 Å². The molecule has 0 fully saturated rings. The summed E-state index contributed by atoms with van der Waals surface area (Å²) in [5.74, 6) is 0. The van der Waals surface area contributed by atoms with Crippen LogP contribution in [0.1, 0.15) is 26.7 Å². The molecule has 0 aromatic heterocycles. The Morgan fingerprint density at radius 3 is 1.64 bits per heavy atom. The first-order valence-corrected chi connectivity index (χ1v) is 10.4. The largest absolute Gasteiger partial charge is 0.108 e. The van der Waals surface area contributed by atoms with Gasteiger partial charge in [0.15, 0.2) is 0 Å². The molecule has 1 heteroatoms. The van der Waals surface area contributed by atoms with Gasteiger partial charge in [-0.25, -0.2) is 0 Å². The second-order valence-corrected chi connectivity index (χ2v) is 8.85. The lowest BCUT2D eigenvalue weighted by atomic mass is 10.2. The van der Waals surface area contributed by atoms with Crippen LogP contribution in [0.5, 0.6) is 0 Å². The summed E-state index contributed by atoms with van der Waals surface area (Å²) < 4.78 is 0. The average molecular weight is 309 g/mol. The van der Waals surface area contributed by atoms with Crippen LogP contribution in [0, 0.1) is 0 Å². The van der Waals surface area contributed by atoms with Crippen LogP contribution in [0.3, 0.4) is 0 Å². The van der Waals surface area contributed by atoms with Crippen molar-refractivity contribution in [3.63, 3.8) is 0 Å². The van der Waals surface area contributed by atoms with Crippen molar-refractivity contribution in [2.24, 2.45) is 0 Å². The summed E-state index contributed by atoms with van der Waals surface area (Å²) in [6, 6.07) is 22.0. The molecule has 0 spiro atoms. The third-order valence-corrected chi connectivity index (χ3v) is 8.06. The van der Waals surface area contributed by atoms with Crippen LogP contribution >= 0.6 is 7.26 Å². The average Bonchev–Trinajstić information content (AvgIpc) is 2.65. The molecule has 0 nitrogen and oxygen atoms in total. The fourth-order valence-electron chi connectivity index (χ4n) is 2.83. The molecule has 0 saturated carbocycles. The molecule has 0 unspecified atom stereocenters. The maximum Gasteiger partial charge on any atom is 0.108 e. The monoisotopic (exact) mass is 309 g/mol. The standard InChI is InChI=1S/C19H20P.C2H6/c1-20(17-11-5-2-6-12-17,18-13-7-3-8-14-18)19-15-9-4-10-16-19;1-2/h2-3,5-9,11-16H,4,10H2,1H3;1-2H3/q+1;. The highest BCUT2D eigenvalue weighted by Crippen LogP contribution is 2.61. The molecule has 0 saturated heterocycles. The first kappa shape index (κ1) is 16.7. The van der Waals surface area contributed by atoms with Crippen molar-refractivity contribution in [3.05, 3.63) is 84.2 Å². The van der Waals surface area contributed by atoms with E-state index in [1.165, 1.54) is 28.8 Å². The number of hydrogen-bond donors (Lipinski definition) is 0. The summed E-state index contributed by atoms with van der Waals surface area (Å²) in [6.45, 7) is 6.44. The van der Waals surface area contributed by atoms with Crippen LogP contribution in [0.15, 0.2) is 84.2 Å². The summed E-state index contributed by atoms with van der Waals surface area (Å²) in [5, 5.41) is 4.44. The fourth-order valence-corrected chi connectivity index (χ4v) is 6.16. The summed E-state index contributed by atoms with van der Waals surface area (Å²) >= 11 is 0. The lowest BCUT2D eigenvalue weighted by molar-refractivity contribution is 1.03. The number of allylic oxidation sites excluding steroid dienone is 4. The third kappa shape index (κ3) is 3.39. The third-order valence-electron chi connectivity index (χ3n) is 4.04. The highest BCUT2D eigenvalue weighted by molar-refractivity contribution is 7.92. The number of hydrogen-bond acceptors (Lipinski definition) is 0. The Hall–Kier alpha value is -1.65. The van der Waals surface area contributed by atoms with Crippen molar-refractivity contribution in [2.75, 3.05) is 6.66 Å². The lowest BCUT2D eigenvalue weighted by Gasteiger charge is -2.25. The first-order chi connectivity index (χ1) is 10.8. The predicted octanol–water partition coefficient (Wildman–Crippen LogP) is 5.54. The van der Waals surface area contributed by atoms with E-state index in [0.717, 1.165) is 0 Å². The van der Waals surface area contributed by atoms with Gasteiger partial charge in [0.1, 0.15) is 17.9 Å². The van der Waals surface area contributed by atoms with Crippen molar-refractivity contribution < 1.29 is 0 Å². The van der Waals surface area contributed by atoms with Crippen LogP contribution in [0.25, 0.3) is 0 Å². The Bertz CT molecular complexity index is 584. The molecule has 0 bridgehead atoms. The molecule has 2 aromatic carbocycles. The minimum Gasteiger partial charge on any atom is -0.0803 e. The van der Waals surface area contributed by atoms with Crippen molar-refractivity contribution in [3.8, 4) is 0 Å². The topological polar surface area (TPSA) is 0 Å². The van der Waals surface area contributed by atoms with Crippen LogP contribution in [-0.4, -0.2) is 6.66 Å². The lowest BCUT2D eigenvalue weighted by Crippen LogP contribution is -2.22. The Balaban J connectivity index is 0.000000847. The molecule has 0 amide bonds. The van der Waals surface area contributed by atoms with Gasteiger partial charge in [-0.2, -0.15) is 0 Å². The molecule has 1 aliphatic rings. The zero-order valence-corrected chi connectivity index (χ0v) is 14.8. The maximum atomic E-state index is 2.44. The smallest absolute Gasteiger partial charge is 0.0803 e. The van der Waals surface area contributed by atoms with E-state index in [2.05, 4.69) is 85.6 Å². The Kier molecular flexibility index (Phi) is 6.16. The molecular formula is C21H26P+. The highest BCUT2D eigenvalue weighted by atomic mass is 31.2. The molecule has 3 rings (SSSR count). The molecule has 22 heavy (non-hydrogen) atoms. The summed E-state index contributed by atoms with van der Waals surface area (Å²) in [7, 11) is -1.48. The van der Waals surface area contributed by atoms with Gasteiger partial charge in [-0.3, -0.25) is 0 Å². The normalized spacial score (nSPS) is 13.9. The molecule has 0 radical (unpaired) electrons. The molecule has 1 aliphatic carbocycles. The van der Waals surface area contributed by atoms with E-state index in [1.807, 2.05) is 13.8 Å². The first-order valence-electron chi connectivity index (χ1n) is 8.17. The highest BCUT2D eigenvalue weighted by Gasteiger charge is 2.40. The quantitative estimate of drug-likeness (QED) is 0.653. The minimum atomic E-state index is -1.48. The van der Waals surface area contributed by atoms with E-state index in [4.69, 9.17) is 0 Å². The van der Waals surface area contributed by atoms with Crippen LogP contribution in [0.2, 0.25) is 0 Å². The van der Waals surface area contributed by atoms with Gasteiger partial charge in [0, 0.05) is 0 Å². The van der Waals surface area contributed by atoms with Crippen molar-refractivity contribution >= 4 is 17.9 Å². The molecule has 2 aromatic rings. The number of benzene rings is 2. The summed E-state index contributed by atoms with van der Waals surface area (Å²) in [6.07, 6.45) is 9.44. The van der Waals surface area contributed by atoms with E-state index in [0.29, 0.717) is 0 Å². The van der Waals surface area contributed by atoms with Gasteiger partial charge >= 0.3 is 0 Å². The van der Waals surface area contributed by atoms with Gasteiger partial charge in [-0.1, -0.05) is 56.3 Å². The maximum absolute atomic E-state index is 2.44. The van der Waals surface area contributed by atoms with Gasteiger partial charge in [0.2, 0.25) is 0 Å². The SMILES string of the molecule is CC.C[P+](C1=CCCC=C1)(c1ccccc1)c1ccccc1. The van der Waals surface area contributed by atoms with Crippen LogP contribution < -0.4 is 10.6 Å². The van der Waals surface area contributed by atoms with Gasteiger partial charge in [0.25, 0.3) is 0 Å². The second-order valence-electron chi connectivity index (χ2n) is 5.29. The van der Waals surface area contributed by atoms with Crippen molar-refractivity contribution in [1.82, 2.24) is 0 Å². The van der Waals surface area contributed by atoms with Crippen LogP contribution in [0.4, 0.5) is 0 Å². The zero-order valence-electron chi connectivity index (χ0n) is 13.9.